The van der Waals surface area contributed by atoms with Gasteiger partial charge >= 0.3 is 0 Å². The summed E-state index contributed by atoms with van der Waals surface area (Å²) < 4.78 is 0. The Morgan fingerprint density at radius 2 is 2.20 bits per heavy atom. The molecule has 0 heterocycles. The van der Waals surface area contributed by atoms with E-state index in [4.69, 9.17) is 0 Å². The summed E-state index contributed by atoms with van der Waals surface area (Å²) in [5.41, 5.74) is 2.95. The smallest absolute Gasteiger partial charge is 0.0227 e. The number of allylic oxidation sites excluding steroid dienone is 6. The predicted molar refractivity (Wildman–Crippen MR) is 68.8 cm³/mol. The quantitative estimate of drug-likeness (QED) is 0.453. The Morgan fingerprint density at radius 3 is 2.73 bits per heavy atom. The van der Waals surface area contributed by atoms with E-state index in [1.54, 1.807) is 5.57 Å². The fraction of sp³-hybridized carbons (Fsp3) is 0.600. The zero-order valence-electron chi connectivity index (χ0n) is 10.6. The van der Waals surface area contributed by atoms with Gasteiger partial charge in [0.05, 0.1) is 0 Å². The van der Waals surface area contributed by atoms with Gasteiger partial charge in [0.1, 0.15) is 0 Å². The molecular formula is C15H24. The van der Waals surface area contributed by atoms with Gasteiger partial charge < -0.3 is 0 Å². The summed E-state index contributed by atoms with van der Waals surface area (Å²) in [6.07, 6.45) is 13.1. The van der Waals surface area contributed by atoms with Crippen molar-refractivity contribution < 1.29 is 0 Å². The molecule has 1 rings (SSSR count). The van der Waals surface area contributed by atoms with Crippen LogP contribution in [0.25, 0.3) is 0 Å². The van der Waals surface area contributed by atoms with Crippen molar-refractivity contribution in [2.75, 3.05) is 0 Å². The van der Waals surface area contributed by atoms with E-state index < -0.39 is 0 Å². The molecule has 0 aromatic rings. The standard InChI is InChI=1S/C15H24/c1-12(2)6-5-7-14(4)15-10-8-13(3)9-11-15/h5-8,14-15H,9-11H2,1-4H3/b7-5+/t14-,15-/m1/s1. The Labute approximate surface area is 94.8 Å². The molecule has 2 atom stereocenters. The largest absolute Gasteiger partial charge is 0.0853 e. The highest BCUT2D eigenvalue weighted by Crippen LogP contribution is 2.29. The van der Waals surface area contributed by atoms with Crippen molar-refractivity contribution in [3.63, 3.8) is 0 Å². The van der Waals surface area contributed by atoms with Crippen LogP contribution in [0.2, 0.25) is 0 Å². The van der Waals surface area contributed by atoms with Crippen LogP contribution in [0.3, 0.4) is 0 Å². The van der Waals surface area contributed by atoms with E-state index in [2.05, 4.69) is 52.0 Å². The molecule has 84 valence electrons. The average Bonchev–Trinajstić information content (AvgIpc) is 2.18. The Hall–Kier alpha value is -0.780. The molecule has 0 amide bonds. The van der Waals surface area contributed by atoms with Crippen molar-refractivity contribution in [2.24, 2.45) is 11.8 Å². The summed E-state index contributed by atoms with van der Waals surface area (Å²) in [6, 6.07) is 0. The molecule has 0 radical (unpaired) electrons. The fourth-order valence-electron chi connectivity index (χ4n) is 2.04. The molecule has 1 aliphatic rings. The molecular weight excluding hydrogens is 180 g/mol. The van der Waals surface area contributed by atoms with Crippen LogP contribution in [0, 0.1) is 11.8 Å². The molecule has 0 aromatic carbocycles. The molecule has 15 heavy (non-hydrogen) atoms. The van der Waals surface area contributed by atoms with E-state index in [9.17, 15) is 0 Å². The molecule has 1 aliphatic carbocycles. The minimum atomic E-state index is 0.713. The van der Waals surface area contributed by atoms with Crippen molar-refractivity contribution in [3.8, 4) is 0 Å². The third-order valence-electron chi connectivity index (χ3n) is 3.27. The van der Waals surface area contributed by atoms with E-state index in [1.165, 1.54) is 24.8 Å². The summed E-state index contributed by atoms with van der Waals surface area (Å²) >= 11 is 0. The molecule has 0 N–H and O–H groups in total. The maximum absolute atomic E-state index is 2.42. The second kappa shape index (κ2) is 5.95. The molecule has 0 unspecified atom stereocenters. The Kier molecular flexibility index (Phi) is 4.87. The van der Waals surface area contributed by atoms with Gasteiger partial charge in [-0.3, -0.25) is 0 Å². The topological polar surface area (TPSA) is 0 Å². The highest BCUT2D eigenvalue weighted by Gasteiger charge is 2.16. The zero-order valence-corrected chi connectivity index (χ0v) is 10.6. The highest BCUT2D eigenvalue weighted by molar-refractivity contribution is 5.11. The van der Waals surface area contributed by atoms with E-state index in [0.717, 1.165) is 5.92 Å². The van der Waals surface area contributed by atoms with Gasteiger partial charge in [0.2, 0.25) is 0 Å². The summed E-state index contributed by atoms with van der Waals surface area (Å²) in [5, 5.41) is 0. The fourth-order valence-corrected chi connectivity index (χ4v) is 2.04. The maximum atomic E-state index is 2.42. The molecule has 0 fully saturated rings. The van der Waals surface area contributed by atoms with Gasteiger partial charge in [-0.05, 0) is 51.9 Å². The summed E-state index contributed by atoms with van der Waals surface area (Å²) in [4.78, 5) is 0. The first kappa shape index (κ1) is 12.3. The molecule has 0 saturated carbocycles. The van der Waals surface area contributed by atoms with Crippen LogP contribution in [0.1, 0.15) is 47.0 Å². The number of rotatable bonds is 3. The molecule has 0 nitrogen and oxygen atoms in total. The predicted octanol–water partition coefficient (Wildman–Crippen LogP) is 4.89. The van der Waals surface area contributed by atoms with Crippen LogP contribution < -0.4 is 0 Å². The number of hydrogen-bond acceptors (Lipinski definition) is 0. The van der Waals surface area contributed by atoms with Crippen LogP contribution in [0.5, 0.6) is 0 Å². The molecule has 0 aromatic heterocycles. The van der Waals surface area contributed by atoms with Gasteiger partial charge in [-0.25, -0.2) is 0 Å². The van der Waals surface area contributed by atoms with Gasteiger partial charge in [0.25, 0.3) is 0 Å². The third-order valence-corrected chi connectivity index (χ3v) is 3.27. The minimum absolute atomic E-state index is 0.713. The second-order valence-electron chi connectivity index (χ2n) is 5.07. The van der Waals surface area contributed by atoms with E-state index >= 15 is 0 Å². The molecule has 0 saturated heterocycles. The van der Waals surface area contributed by atoms with Crippen LogP contribution in [-0.2, 0) is 0 Å². The lowest BCUT2D eigenvalue weighted by Crippen LogP contribution is -2.12. The van der Waals surface area contributed by atoms with Crippen molar-refractivity contribution in [1.29, 1.82) is 0 Å². The summed E-state index contributed by atoms with van der Waals surface area (Å²) in [7, 11) is 0. The monoisotopic (exact) mass is 204 g/mol. The summed E-state index contributed by atoms with van der Waals surface area (Å²) in [5.74, 6) is 1.57. The first-order valence-corrected chi connectivity index (χ1v) is 6.07. The average molecular weight is 204 g/mol. The highest BCUT2D eigenvalue weighted by atomic mass is 14.2. The first-order chi connectivity index (χ1) is 7.09. The van der Waals surface area contributed by atoms with Gasteiger partial charge in [0, 0.05) is 0 Å². The van der Waals surface area contributed by atoms with Gasteiger partial charge in [-0.2, -0.15) is 0 Å². The lowest BCUT2D eigenvalue weighted by Gasteiger charge is -2.24. The molecule has 0 aliphatic heterocycles. The van der Waals surface area contributed by atoms with Gasteiger partial charge in [-0.15, -0.1) is 0 Å². The summed E-state index contributed by atoms with van der Waals surface area (Å²) in [6.45, 7) is 8.87. The molecule has 0 heteroatoms. The van der Waals surface area contributed by atoms with Gasteiger partial charge in [0.15, 0.2) is 0 Å². The maximum Gasteiger partial charge on any atom is -0.0227 e. The Balaban J connectivity index is 2.44. The van der Waals surface area contributed by atoms with Crippen LogP contribution in [0.15, 0.2) is 35.5 Å². The minimum Gasteiger partial charge on any atom is -0.0853 e. The Morgan fingerprint density at radius 1 is 1.47 bits per heavy atom. The van der Waals surface area contributed by atoms with Crippen molar-refractivity contribution in [1.82, 2.24) is 0 Å². The lowest BCUT2D eigenvalue weighted by molar-refractivity contribution is 0.381. The normalized spacial score (nSPS) is 23.7. The van der Waals surface area contributed by atoms with E-state index in [0.29, 0.717) is 5.92 Å². The Bertz CT molecular complexity index is 274. The first-order valence-electron chi connectivity index (χ1n) is 6.07. The lowest BCUT2D eigenvalue weighted by atomic mass is 9.81. The van der Waals surface area contributed by atoms with Crippen molar-refractivity contribution in [3.05, 3.63) is 35.5 Å². The third kappa shape index (κ3) is 4.51. The molecule has 0 bridgehead atoms. The van der Waals surface area contributed by atoms with Crippen LogP contribution in [-0.4, -0.2) is 0 Å². The van der Waals surface area contributed by atoms with E-state index in [1.807, 2.05) is 0 Å². The van der Waals surface area contributed by atoms with Crippen LogP contribution >= 0.6 is 0 Å². The van der Waals surface area contributed by atoms with Gasteiger partial charge in [-0.1, -0.05) is 42.4 Å². The number of hydrogen-bond donors (Lipinski definition) is 0. The van der Waals surface area contributed by atoms with Crippen molar-refractivity contribution >= 4 is 0 Å². The molecule has 0 spiro atoms. The SMILES string of the molecule is CC(C)=C/C=C/[C@@H](C)[C@@H]1CC=C(C)CC1. The second-order valence-corrected chi connectivity index (χ2v) is 5.07. The van der Waals surface area contributed by atoms with Crippen molar-refractivity contribution in [2.45, 2.75) is 47.0 Å². The van der Waals surface area contributed by atoms with Crippen LogP contribution in [0.4, 0.5) is 0 Å². The zero-order chi connectivity index (χ0) is 11.3. The van der Waals surface area contributed by atoms with E-state index in [-0.39, 0.29) is 0 Å².